The number of benzene rings is 2. The Bertz CT molecular complexity index is 1040. The molecule has 1 saturated carbocycles. The Labute approximate surface area is 186 Å². The third-order valence-electron chi connectivity index (χ3n) is 5.93. The van der Waals surface area contributed by atoms with Crippen molar-refractivity contribution in [2.24, 2.45) is 5.92 Å². The molecule has 0 spiro atoms. The molecule has 1 aromatic heterocycles. The highest BCUT2D eigenvalue weighted by molar-refractivity contribution is 5.80. The van der Waals surface area contributed by atoms with Crippen LogP contribution in [0.25, 0.3) is 10.9 Å². The van der Waals surface area contributed by atoms with Gasteiger partial charge in [0.2, 0.25) is 5.91 Å². The van der Waals surface area contributed by atoms with Crippen molar-refractivity contribution >= 4 is 16.8 Å². The molecule has 0 saturated heterocycles. The van der Waals surface area contributed by atoms with Crippen molar-refractivity contribution < 1.29 is 18.7 Å². The monoisotopic (exact) mass is 441 g/mol. The minimum absolute atomic E-state index is 0.138. The van der Waals surface area contributed by atoms with E-state index in [0.717, 1.165) is 23.5 Å². The minimum atomic E-state index is -0.878. The molecule has 1 heterocycles. The van der Waals surface area contributed by atoms with Crippen molar-refractivity contribution in [1.29, 1.82) is 0 Å². The van der Waals surface area contributed by atoms with Gasteiger partial charge in [-0.2, -0.15) is 0 Å². The molecule has 1 amide bonds. The highest BCUT2D eigenvalue weighted by Gasteiger charge is 2.24. The zero-order valence-electron chi connectivity index (χ0n) is 17.9. The topological polar surface area (TPSA) is 66.3 Å². The number of aromatic nitrogens is 1. The van der Waals surface area contributed by atoms with Crippen LogP contribution in [0.3, 0.4) is 0 Å². The van der Waals surface area contributed by atoms with E-state index in [4.69, 9.17) is 0 Å². The number of carbonyl (C=O) groups is 1. The molecule has 3 aromatic rings. The molecule has 0 bridgehead atoms. The predicted octanol–water partition coefficient (Wildman–Crippen LogP) is 3.40. The number of para-hydroxylation sites is 1. The van der Waals surface area contributed by atoms with Crippen LogP contribution in [-0.4, -0.2) is 40.8 Å². The number of aryl methyl sites for hydroxylation is 1. The number of halogens is 2. The van der Waals surface area contributed by atoms with Crippen molar-refractivity contribution in [2.75, 3.05) is 13.1 Å². The molecule has 170 valence electrons. The van der Waals surface area contributed by atoms with Gasteiger partial charge >= 0.3 is 0 Å². The summed E-state index contributed by atoms with van der Waals surface area (Å²) < 4.78 is 29.3. The van der Waals surface area contributed by atoms with Gasteiger partial charge in [-0.3, -0.25) is 4.79 Å². The number of aliphatic hydroxyl groups excluding tert-OH is 1. The lowest BCUT2D eigenvalue weighted by Crippen LogP contribution is -2.49. The number of amides is 1. The first kappa shape index (κ1) is 22.4. The third-order valence-corrected chi connectivity index (χ3v) is 5.93. The molecule has 2 aromatic carbocycles. The average molecular weight is 442 g/mol. The lowest BCUT2D eigenvalue weighted by molar-refractivity contribution is -0.122. The quantitative estimate of drug-likeness (QED) is 0.427. The Kier molecular flexibility index (Phi) is 7.17. The van der Waals surface area contributed by atoms with E-state index in [2.05, 4.69) is 10.6 Å². The van der Waals surface area contributed by atoms with Gasteiger partial charge in [-0.25, -0.2) is 8.78 Å². The number of hydrogen-bond acceptors (Lipinski definition) is 3. The van der Waals surface area contributed by atoms with Crippen LogP contribution in [0.5, 0.6) is 0 Å². The summed E-state index contributed by atoms with van der Waals surface area (Å²) in [6.45, 7) is 1.63. The van der Waals surface area contributed by atoms with Gasteiger partial charge in [0, 0.05) is 37.3 Å². The molecule has 4 rings (SSSR count). The third kappa shape index (κ3) is 6.14. The second-order valence-electron chi connectivity index (χ2n) is 8.64. The zero-order chi connectivity index (χ0) is 22.5. The molecular weight excluding hydrogens is 412 g/mol. The van der Waals surface area contributed by atoms with E-state index < -0.39 is 23.8 Å². The average Bonchev–Trinajstić information content (AvgIpc) is 3.48. The fraction of sp³-hybridized carbons (Fsp3) is 0.400. The summed E-state index contributed by atoms with van der Waals surface area (Å²) in [7, 11) is 0. The molecule has 1 fully saturated rings. The second kappa shape index (κ2) is 10.2. The Morgan fingerprint density at radius 3 is 2.62 bits per heavy atom. The summed E-state index contributed by atoms with van der Waals surface area (Å²) in [5.41, 5.74) is 1.45. The number of hydrogen-bond donors (Lipinski definition) is 3. The van der Waals surface area contributed by atoms with Gasteiger partial charge in [-0.15, -0.1) is 0 Å². The van der Waals surface area contributed by atoms with Crippen molar-refractivity contribution in [3.05, 3.63) is 71.9 Å². The lowest BCUT2D eigenvalue weighted by atomic mass is 10.0. The van der Waals surface area contributed by atoms with Crippen LogP contribution in [0.2, 0.25) is 0 Å². The fourth-order valence-electron chi connectivity index (χ4n) is 4.00. The van der Waals surface area contributed by atoms with Crippen LogP contribution >= 0.6 is 0 Å². The Hall–Kier alpha value is -2.77. The van der Waals surface area contributed by atoms with Crippen LogP contribution in [0.1, 0.15) is 24.8 Å². The van der Waals surface area contributed by atoms with Gasteiger partial charge in [-0.1, -0.05) is 18.2 Å². The molecule has 1 aliphatic carbocycles. The lowest BCUT2D eigenvalue weighted by Gasteiger charge is -2.25. The summed E-state index contributed by atoms with van der Waals surface area (Å²) in [6, 6.07) is 12.6. The van der Waals surface area contributed by atoms with Gasteiger partial charge in [0.15, 0.2) is 0 Å². The van der Waals surface area contributed by atoms with E-state index in [1.165, 1.54) is 25.0 Å². The van der Waals surface area contributed by atoms with Crippen molar-refractivity contribution in [3.8, 4) is 0 Å². The standard InChI is InChI=1S/C25H29F2N3O2/c26-20-11-18(12-21(27)14-20)13-22(24(31)16-28-15-17-5-6-17)29-25(32)8-10-30-9-7-19-3-1-2-4-23(19)30/h1-4,7,9,11-12,14,17,22,24,28,31H,5-6,8,10,13,15-16H2,(H,29,32)/t22-,24+/m0/s1. The van der Waals surface area contributed by atoms with Crippen LogP contribution in [0, 0.1) is 17.6 Å². The first-order valence-corrected chi connectivity index (χ1v) is 11.1. The van der Waals surface area contributed by atoms with Crippen molar-refractivity contribution in [2.45, 2.75) is 44.4 Å². The minimum Gasteiger partial charge on any atom is -0.390 e. The first-order valence-electron chi connectivity index (χ1n) is 11.1. The zero-order valence-corrected chi connectivity index (χ0v) is 17.9. The summed E-state index contributed by atoms with van der Waals surface area (Å²) in [5.74, 6) is -0.910. The predicted molar refractivity (Wildman–Crippen MR) is 120 cm³/mol. The summed E-state index contributed by atoms with van der Waals surface area (Å²) in [5, 5.41) is 17.9. The largest absolute Gasteiger partial charge is 0.390 e. The van der Waals surface area contributed by atoms with Crippen molar-refractivity contribution in [1.82, 2.24) is 15.2 Å². The van der Waals surface area contributed by atoms with Crippen molar-refractivity contribution in [3.63, 3.8) is 0 Å². The number of nitrogens with one attached hydrogen (secondary N) is 2. The second-order valence-corrected chi connectivity index (χ2v) is 8.64. The molecular formula is C25H29F2N3O2. The first-order chi connectivity index (χ1) is 15.5. The number of carbonyl (C=O) groups excluding carboxylic acids is 1. The van der Waals surface area contributed by atoms with E-state index >= 15 is 0 Å². The smallest absolute Gasteiger partial charge is 0.222 e. The maximum absolute atomic E-state index is 13.6. The number of aliphatic hydroxyl groups is 1. The molecule has 0 unspecified atom stereocenters. The molecule has 0 aliphatic heterocycles. The van der Waals surface area contributed by atoms with Crippen LogP contribution in [0.15, 0.2) is 54.7 Å². The van der Waals surface area contributed by atoms with Crippen LogP contribution in [-0.2, 0) is 17.8 Å². The Morgan fingerprint density at radius 1 is 1.12 bits per heavy atom. The van der Waals surface area contributed by atoms with E-state index in [1.54, 1.807) is 0 Å². The highest BCUT2D eigenvalue weighted by atomic mass is 19.1. The van der Waals surface area contributed by atoms with Gasteiger partial charge in [-0.05, 0) is 66.9 Å². The maximum Gasteiger partial charge on any atom is 0.222 e. The number of rotatable bonds is 11. The molecule has 7 heteroatoms. The maximum atomic E-state index is 13.6. The number of fused-ring (bicyclic) bond motifs is 1. The highest BCUT2D eigenvalue weighted by Crippen LogP contribution is 2.27. The van der Waals surface area contributed by atoms with Gasteiger partial charge in [0.25, 0.3) is 0 Å². The summed E-state index contributed by atoms with van der Waals surface area (Å²) in [4.78, 5) is 12.7. The van der Waals surface area contributed by atoms with E-state index in [1.807, 2.05) is 41.1 Å². The molecule has 2 atom stereocenters. The molecule has 0 radical (unpaired) electrons. The van der Waals surface area contributed by atoms with Gasteiger partial charge in [0.05, 0.1) is 12.1 Å². The molecule has 3 N–H and O–H groups in total. The Balaban J connectivity index is 1.38. The molecule has 1 aliphatic rings. The van der Waals surface area contributed by atoms with E-state index in [0.29, 0.717) is 24.6 Å². The molecule has 32 heavy (non-hydrogen) atoms. The van der Waals surface area contributed by atoms with Crippen LogP contribution in [0.4, 0.5) is 8.78 Å². The summed E-state index contributed by atoms with van der Waals surface area (Å²) >= 11 is 0. The Morgan fingerprint density at radius 2 is 1.88 bits per heavy atom. The fourth-order valence-corrected chi connectivity index (χ4v) is 4.00. The van der Waals surface area contributed by atoms with Gasteiger partial charge < -0.3 is 20.3 Å². The normalized spacial score (nSPS) is 15.6. The SMILES string of the molecule is O=C(CCn1ccc2ccccc21)N[C@@H](Cc1cc(F)cc(F)c1)[C@H](O)CNCC1CC1. The number of nitrogens with zero attached hydrogens (tertiary/aromatic N) is 1. The summed E-state index contributed by atoms with van der Waals surface area (Å²) in [6.07, 6.45) is 3.83. The molecule has 5 nitrogen and oxygen atoms in total. The van der Waals surface area contributed by atoms with E-state index in [9.17, 15) is 18.7 Å². The van der Waals surface area contributed by atoms with Gasteiger partial charge in [0.1, 0.15) is 11.6 Å². The van der Waals surface area contributed by atoms with Crippen LogP contribution < -0.4 is 10.6 Å². The van der Waals surface area contributed by atoms with E-state index in [-0.39, 0.29) is 18.7 Å².